The average molecular weight is 651 g/mol. The van der Waals surface area contributed by atoms with Crippen molar-refractivity contribution in [2.45, 2.75) is 0 Å². The Labute approximate surface area is 275 Å². The first-order chi connectivity index (χ1) is 23.9. The number of hydrogen-bond donors (Lipinski definition) is 0. The summed E-state index contributed by atoms with van der Waals surface area (Å²) in [4.78, 5) is 19.0. The Kier molecular flexibility index (Phi) is 7.07. The molecule has 8 rings (SSSR count). The first-order valence-electron chi connectivity index (χ1n) is 15.0. The van der Waals surface area contributed by atoms with E-state index in [1.165, 1.54) is 24.3 Å². The minimum atomic E-state index is -2.22. The molecule has 9 heteroatoms. The largest absolute Gasteiger partial charge is 0.255 e. The molecule has 6 aromatic carbocycles. The molecule has 0 unspecified atom stereocenters. The molecule has 0 aliphatic rings. The van der Waals surface area contributed by atoms with E-state index in [4.69, 9.17) is 21.5 Å². The molecule has 0 fully saturated rings. The average Bonchev–Trinajstić information content (AvgIpc) is 3.16. The fourth-order valence-corrected chi connectivity index (χ4v) is 6.17. The quantitative estimate of drug-likeness (QED) is 0.0626. The summed E-state index contributed by atoms with van der Waals surface area (Å²) in [6, 6.07) is 33.9. The molecule has 4 nitrogen and oxygen atoms in total. The van der Waals surface area contributed by atoms with Gasteiger partial charge in [0.1, 0.15) is 0 Å². The van der Waals surface area contributed by atoms with Crippen LogP contribution >= 0.6 is 0 Å². The molecule has 8 aromatic rings. The molecule has 0 aliphatic carbocycles. The molecule has 2 heterocycles. The Morgan fingerprint density at radius 2 is 0.939 bits per heavy atom. The summed E-state index contributed by atoms with van der Waals surface area (Å²) >= 11 is 0. The van der Waals surface area contributed by atoms with Gasteiger partial charge in [-0.2, -0.15) is 0 Å². The van der Waals surface area contributed by atoms with Gasteiger partial charge in [0.05, 0.1) is 45.8 Å². The number of fused-ring (bicyclic) bond motifs is 5. The van der Waals surface area contributed by atoms with Crippen LogP contribution in [-0.2, 0) is 0 Å². The Morgan fingerprint density at radius 3 is 1.53 bits per heavy atom. The second-order valence-corrected chi connectivity index (χ2v) is 11.3. The molecular formula is C40H19F5N4. The maximum atomic E-state index is 14.6. The number of para-hydroxylation sites is 1. The van der Waals surface area contributed by atoms with Crippen molar-refractivity contribution in [1.82, 2.24) is 15.0 Å². The minimum absolute atomic E-state index is 0.208. The van der Waals surface area contributed by atoms with E-state index < -0.39 is 34.6 Å². The van der Waals surface area contributed by atoms with Crippen LogP contribution in [0.4, 0.5) is 27.6 Å². The van der Waals surface area contributed by atoms with E-state index in [9.17, 15) is 22.0 Å². The van der Waals surface area contributed by atoms with Crippen LogP contribution in [0.1, 0.15) is 0 Å². The topological polar surface area (TPSA) is 43.0 Å². The number of pyridine rings is 1. The second-order valence-electron chi connectivity index (χ2n) is 11.3. The molecule has 0 spiro atoms. The van der Waals surface area contributed by atoms with Crippen molar-refractivity contribution in [2.24, 2.45) is 0 Å². The zero-order chi connectivity index (χ0) is 33.8. The van der Waals surface area contributed by atoms with Crippen molar-refractivity contribution >= 4 is 38.4 Å². The van der Waals surface area contributed by atoms with Gasteiger partial charge in [-0.1, -0.05) is 103 Å². The highest BCUT2D eigenvalue weighted by molar-refractivity contribution is 6.23. The van der Waals surface area contributed by atoms with E-state index in [-0.39, 0.29) is 11.3 Å². The molecule has 0 bridgehead atoms. The smallest absolute Gasteiger partial charge is 0.215 e. The highest BCUT2D eigenvalue weighted by Crippen LogP contribution is 2.43. The lowest BCUT2D eigenvalue weighted by atomic mass is 9.95. The van der Waals surface area contributed by atoms with Crippen LogP contribution in [0, 0.1) is 35.7 Å². The zero-order valence-corrected chi connectivity index (χ0v) is 25.1. The summed E-state index contributed by atoms with van der Waals surface area (Å²) < 4.78 is 71.0. The van der Waals surface area contributed by atoms with E-state index in [0.717, 1.165) is 16.5 Å². The fourth-order valence-electron chi connectivity index (χ4n) is 6.17. The Balaban J connectivity index is 1.43. The Hall–Kier alpha value is -6.53. The molecular weight excluding hydrogens is 631 g/mol. The van der Waals surface area contributed by atoms with Crippen LogP contribution in [-0.4, -0.2) is 15.0 Å². The van der Waals surface area contributed by atoms with Gasteiger partial charge in [-0.15, -0.1) is 0 Å². The fraction of sp³-hybridized carbons (Fsp3) is 0. The summed E-state index contributed by atoms with van der Waals surface area (Å²) in [5.74, 6) is -10.1. The van der Waals surface area contributed by atoms with Gasteiger partial charge in [0.25, 0.3) is 0 Å². The van der Waals surface area contributed by atoms with Gasteiger partial charge in [0.2, 0.25) is 11.5 Å². The van der Waals surface area contributed by atoms with Crippen molar-refractivity contribution in [3.63, 3.8) is 0 Å². The number of halogens is 5. The summed E-state index contributed by atoms with van der Waals surface area (Å²) in [6.45, 7) is 8.12. The van der Waals surface area contributed by atoms with Gasteiger partial charge in [-0.25, -0.2) is 36.8 Å². The van der Waals surface area contributed by atoms with Crippen LogP contribution in [0.25, 0.3) is 82.5 Å². The third-order valence-electron chi connectivity index (χ3n) is 8.46. The predicted molar refractivity (Wildman–Crippen MR) is 180 cm³/mol. The van der Waals surface area contributed by atoms with Crippen molar-refractivity contribution in [3.05, 3.63) is 156 Å². The maximum Gasteiger partial charge on any atom is 0.215 e. The summed E-state index contributed by atoms with van der Waals surface area (Å²) in [5.41, 5.74) is 4.33. The number of benzene rings is 6. The highest BCUT2D eigenvalue weighted by Gasteiger charge is 2.27. The van der Waals surface area contributed by atoms with E-state index >= 15 is 0 Å². The summed E-state index contributed by atoms with van der Waals surface area (Å²) in [6.07, 6.45) is 0. The van der Waals surface area contributed by atoms with Crippen LogP contribution in [0.3, 0.4) is 0 Å². The second kappa shape index (κ2) is 11.6. The number of nitrogens with zero attached hydrogens (tertiary/aromatic N) is 4. The molecule has 49 heavy (non-hydrogen) atoms. The first-order valence-corrected chi connectivity index (χ1v) is 15.0. The monoisotopic (exact) mass is 650 g/mol. The third-order valence-corrected chi connectivity index (χ3v) is 8.46. The number of rotatable bonds is 4. The maximum absolute atomic E-state index is 14.6. The molecule has 0 atom stereocenters. The van der Waals surface area contributed by atoms with Gasteiger partial charge >= 0.3 is 0 Å². The van der Waals surface area contributed by atoms with Gasteiger partial charge < -0.3 is 0 Å². The van der Waals surface area contributed by atoms with Crippen LogP contribution in [0.5, 0.6) is 0 Å². The lowest BCUT2D eigenvalue weighted by molar-refractivity contribution is 0.381. The molecule has 0 radical (unpaired) electrons. The summed E-state index contributed by atoms with van der Waals surface area (Å²) in [5, 5.41) is 2.03. The lowest BCUT2D eigenvalue weighted by Crippen LogP contribution is -2.04. The summed E-state index contributed by atoms with van der Waals surface area (Å²) in [7, 11) is 0. The molecule has 0 saturated carbocycles. The highest BCUT2D eigenvalue weighted by atomic mass is 19.2. The zero-order valence-electron chi connectivity index (χ0n) is 25.1. The number of aromatic nitrogens is 3. The molecule has 0 aliphatic heterocycles. The minimum Gasteiger partial charge on any atom is -0.255 e. The Bertz CT molecular complexity index is 2630. The van der Waals surface area contributed by atoms with Crippen LogP contribution in [0.15, 0.2) is 115 Å². The number of hydrogen-bond acceptors (Lipinski definition) is 3. The Morgan fingerprint density at radius 1 is 0.449 bits per heavy atom. The van der Waals surface area contributed by atoms with E-state index in [0.29, 0.717) is 50.0 Å². The van der Waals surface area contributed by atoms with Crippen molar-refractivity contribution in [1.29, 1.82) is 0 Å². The predicted octanol–water partition coefficient (Wildman–Crippen LogP) is 11.2. The molecule has 2 aromatic heterocycles. The molecule has 234 valence electrons. The molecule has 0 N–H and O–H groups in total. The van der Waals surface area contributed by atoms with E-state index in [1.54, 1.807) is 6.07 Å². The lowest BCUT2D eigenvalue weighted by Gasteiger charge is -2.16. The van der Waals surface area contributed by atoms with Crippen molar-refractivity contribution in [2.75, 3.05) is 0 Å². The van der Waals surface area contributed by atoms with Gasteiger partial charge in [0.15, 0.2) is 23.3 Å². The third kappa shape index (κ3) is 4.76. The molecule has 0 saturated heterocycles. The van der Waals surface area contributed by atoms with Gasteiger partial charge in [0, 0.05) is 32.8 Å². The van der Waals surface area contributed by atoms with E-state index in [1.807, 2.05) is 84.9 Å². The van der Waals surface area contributed by atoms with Gasteiger partial charge in [-0.3, -0.25) is 4.98 Å². The van der Waals surface area contributed by atoms with Crippen molar-refractivity contribution < 1.29 is 22.0 Å². The van der Waals surface area contributed by atoms with E-state index in [2.05, 4.69) is 4.85 Å². The SMILES string of the molecule is [C-]#[N+]c1cc2c(-c3ccc(-c4c(F)c(F)c(F)c(F)c4F)cc3)nc3ccccc3c2c2nc(-c3ccccc3)c(-c3ccccc3)nc12. The van der Waals surface area contributed by atoms with Gasteiger partial charge in [-0.05, 0) is 17.7 Å². The first kappa shape index (κ1) is 29.8. The van der Waals surface area contributed by atoms with Crippen LogP contribution < -0.4 is 0 Å². The normalized spacial score (nSPS) is 11.3. The van der Waals surface area contributed by atoms with Crippen LogP contribution in [0.2, 0.25) is 0 Å². The molecule has 0 amide bonds. The van der Waals surface area contributed by atoms with Crippen molar-refractivity contribution in [3.8, 4) is 44.9 Å². The standard InChI is InChI=1S/C40H19F5N4/c1-46-28-20-26-30(40-39(28)48-37(22-10-4-2-5-11-22)38(49-40)23-12-6-3-7-13-23)25-14-8-9-15-27(25)47-36(26)24-18-16-21(17-19-24)29-31(41)33(43)35(45)34(44)32(29)42/h2-20H.